The van der Waals surface area contributed by atoms with Crippen molar-refractivity contribution in [2.45, 2.75) is 45.1 Å². The highest BCUT2D eigenvalue weighted by Gasteiger charge is 2.23. The summed E-state index contributed by atoms with van der Waals surface area (Å²) in [5, 5.41) is 11.3. The van der Waals surface area contributed by atoms with Gasteiger partial charge < -0.3 is 15.2 Å². The molecule has 2 N–H and O–H groups in total. The van der Waals surface area contributed by atoms with E-state index in [1.165, 1.54) is 30.0 Å². The zero-order chi connectivity index (χ0) is 18.0. The van der Waals surface area contributed by atoms with E-state index >= 15 is 0 Å². The maximum atomic E-state index is 4.39. The smallest absolute Gasteiger partial charge is 0.0738 e. The highest BCUT2D eigenvalue weighted by atomic mass is 15.1. The zero-order valence-electron chi connectivity index (χ0n) is 15.3. The predicted molar refractivity (Wildman–Crippen MR) is 110 cm³/mol. The van der Waals surface area contributed by atoms with Gasteiger partial charge in [0, 0.05) is 45.1 Å². The molecule has 0 spiro atoms. The average molecular weight is 335 g/mol. The Balaban J connectivity index is 2.01. The first kappa shape index (κ1) is 17.4. The van der Waals surface area contributed by atoms with E-state index in [2.05, 4.69) is 66.6 Å². The molecule has 0 aliphatic carbocycles. The van der Waals surface area contributed by atoms with Gasteiger partial charge in [0.05, 0.1) is 6.04 Å². The maximum Gasteiger partial charge on any atom is 0.0738 e. The SMILES string of the molecule is C=C1CCC(n2c(=C)c3cccc(NCCCCC)c3c2=C)C(=C)N1. The number of hydrogen-bond donors (Lipinski definition) is 2. The van der Waals surface area contributed by atoms with Crippen LogP contribution in [-0.4, -0.2) is 11.1 Å². The fraction of sp³-hybridized carbons (Fsp3) is 0.364. The van der Waals surface area contributed by atoms with E-state index < -0.39 is 0 Å². The van der Waals surface area contributed by atoms with E-state index in [0.717, 1.165) is 47.2 Å². The number of allylic oxidation sites excluding steroid dienone is 2. The van der Waals surface area contributed by atoms with Gasteiger partial charge in [0.2, 0.25) is 0 Å². The van der Waals surface area contributed by atoms with Crippen LogP contribution in [0.1, 0.15) is 45.1 Å². The van der Waals surface area contributed by atoms with Gasteiger partial charge in [-0.25, -0.2) is 0 Å². The number of unbranched alkanes of at least 4 members (excludes halogenated alkanes) is 2. The lowest BCUT2D eigenvalue weighted by Gasteiger charge is -2.29. The van der Waals surface area contributed by atoms with E-state index in [9.17, 15) is 0 Å². The van der Waals surface area contributed by atoms with Crippen molar-refractivity contribution >= 4 is 29.6 Å². The number of aromatic nitrogens is 1. The van der Waals surface area contributed by atoms with Crippen LogP contribution in [-0.2, 0) is 0 Å². The van der Waals surface area contributed by atoms with Crippen LogP contribution in [0.4, 0.5) is 5.69 Å². The molecule has 0 saturated carbocycles. The van der Waals surface area contributed by atoms with Crippen LogP contribution >= 0.6 is 0 Å². The van der Waals surface area contributed by atoms with Crippen molar-refractivity contribution in [3.63, 3.8) is 0 Å². The molecule has 3 nitrogen and oxygen atoms in total. The number of piperidine rings is 1. The van der Waals surface area contributed by atoms with Crippen LogP contribution in [0.3, 0.4) is 0 Å². The van der Waals surface area contributed by atoms with Gasteiger partial charge in [0.25, 0.3) is 0 Å². The first-order valence-corrected chi connectivity index (χ1v) is 9.22. The fourth-order valence-corrected chi connectivity index (χ4v) is 3.78. The summed E-state index contributed by atoms with van der Waals surface area (Å²) in [7, 11) is 0. The molecule has 1 fully saturated rings. The zero-order valence-corrected chi connectivity index (χ0v) is 15.3. The lowest BCUT2D eigenvalue weighted by atomic mass is 10.0. The van der Waals surface area contributed by atoms with E-state index in [1.54, 1.807) is 0 Å². The molecular formula is C22H29N3. The van der Waals surface area contributed by atoms with Gasteiger partial charge in [-0.2, -0.15) is 0 Å². The number of benzene rings is 1. The molecule has 1 aromatic heterocycles. The van der Waals surface area contributed by atoms with Gasteiger partial charge in [-0.05, 0) is 25.3 Å². The van der Waals surface area contributed by atoms with Gasteiger partial charge in [-0.3, -0.25) is 0 Å². The summed E-state index contributed by atoms with van der Waals surface area (Å²) in [5.41, 5.74) is 3.16. The summed E-state index contributed by atoms with van der Waals surface area (Å²) in [6.07, 6.45) is 5.59. The minimum atomic E-state index is 0.172. The molecule has 3 heteroatoms. The summed E-state index contributed by atoms with van der Waals surface area (Å²) in [6.45, 7) is 20.2. The third-order valence-electron chi connectivity index (χ3n) is 5.11. The molecule has 1 unspecified atom stereocenters. The largest absolute Gasteiger partial charge is 0.384 e. The lowest BCUT2D eigenvalue weighted by Crippen LogP contribution is -2.36. The maximum absolute atomic E-state index is 4.39. The molecule has 25 heavy (non-hydrogen) atoms. The van der Waals surface area contributed by atoms with Gasteiger partial charge in [0.15, 0.2) is 0 Å². The lowest BCUT2D eigenvalue weighted by molar-refractivity contribution is 0.458. The molecule has 1 saturated heterocycles. The number of nitrogens with one attached hydrogen (secondary N) is 2. The molecule has 3 rings (SSSR count). The van der Waals surface area contributed by atoms with Crippen molar-refractivity contribution in [2.24, 2.45) is 0 Å². The Kier molecular flexibility index (Phi) is 5.03. The third-order valence-corrected chi connectivity index (χ3v) is 5.11. The number of rotatable bonds is 6. The van der Waals surface area contributed by atoms with Crippen LogP contribution in [0.5, 0.6) is 0 Å². The van der Waals surface area contributed by atoms with Crippen LogP contribution in [0.2, 0.25) is 0 Å². The molecule has 0 radical (unpaired) electrons. The number of nitrogens with zero attached hydrogens (tertiary/aromatic N) is 1. The normalized spacial score (nSPS) is 17.7. The first-order chi connectivity index (χ1) is 12.0. The topological polar surface area (TPSA) is 29.0 Å². The molecule has 2 heterocycles. The molecule has 1 aromatic carbocycles. The van der Waals surface area contributed by atoms with E-state index in [1.807, 2.05) is 0 Å². The van der Waals surface area contributed by atoms with Crippen LogP contribution in [0.25, 0.3) is 23.9 Å². The summed E-state index contributed by atoms with van der Waals surface area (Å²) in [4.78, 5) is 0. The minimum absolute atomic E-state index is 0.172. The number of anilines is 1. The molecule has 1 aliphatic heterocycles. The van der Waals surface area contributed by atoms with Crippen molar-refractivity contribution in [3.8, 4) is 0 Å². The van der Waals surface area contributed by atoms with E-state index in [4.69, 9.17) is 0 Å². The predicted octanol–water partition coefficient (Wildman–Crippen LogP) is 4.02. The summed E-state index contributed by atoms with van der Waals surface area (Å²) in [5.74, 6) is 0. The molecule has 0 bridgehead atoms. The molecule has 1 aliphatic rings. The van der Waals surface area contributed by atoms with Crippen LogP contribution in [0, 0.1) is 0 Å². The Labute approximate surface area is 150 Å². The molecule has 2 aromatic rings. The standard InChI is InChI=1S/C22H29N3/c1-6-7-8-14-23-20-11-9-10-19-17(4)25(18(5)22(19)20)21-13-12-15(2)24-16(21)3/h9-11,21,23-24H,2-8,12-14H2,1H3. The summed E-state index contributed by atoms with van der Waals surface area (Å²) < 4.78 is 2.24. The third kappa shape index (κ3) is 3.23. The highest BCUT2D eigenvalue weighted by molar-refractivity contribution is 5.94. The van der Waals surface area contributed by atoms with Crippen molar-refractivity contribution in [3.05, 3.63) is 53.4 Å². The monoisotopic (exact) mass is 335 g/mol. The Bertz CT molecular complexity index is 903. The quantitative estimate of drug-likeness (QED) is 0.781. The van der Waals surface area contributed by atoms with Crippen molar-refractivity contribution in [1.82, 2.24) is 9.88 Å². The van der Waals surface area contributed by atoms with Gasteiger partial charge >= 0.3 is 0 Å². The van der Waals surface area contributed by atoms with Gasteiger partial charge in [-0.15, -0.1) is 0 Å². The molecule has 1 atom stereocenters. The van der Waals surface area contributed by atoms with Crippen LogP contribution in [0.15, 0.2) is 42.8 Å². The Morgan fingerprint density at radius 2 is 1.96 bits per heavy atom. The molecular weight excluding hydrogens is 306 g/mol. The average Bonchev–Trinajstić information content (AvgIpc) is 2.84. The van der Waals surface area contributed by atoms with Crippen molar-refractivity contribution < 1.29 is 0 Å². The summed E-state index contributed by atoms with van der Waals surface area (Å²) in [6, 6.07) is 6.55. The summed E-state index contributed by atoms with van der Waals surface area (Å²) >= 11 is 0. The van der Waals surface area contributed by atoms with Crippen LogP contribution < -0.4 is 21.3 Å². The van der Waals surface area contributed by atoms with Crippen molar-refractivity contribution in [1.29, 1.82) is 0 Å². The van der Waals surface area contributed by atoms with E-state index in [0.29, 0.717) is 0 Å². The number of hydrogen-bond acceptors (Lipinski definition) is 2. The first-order valence-electron chi connectivity index (χ1n) is 9.22. The Morgan fingerprint density at radius 1 is 1.16 bits per heavy atom. The second-order valence-electron chi connectivity index (χ2n) is 6.93. The van der Waals surface area contributed by atoms with Gasteiger partial charge in [0.1, 0.15) is 0 Å². The second-order valence-corrected chi connectivity index (χ2v) is 6.93. The van der Waals surface area contributed by atoms with Gasteiger partial charge in [-0.1, -0.05) is 58.2 Å². The minimum Gasteiger partial charge on any atom is -0.384 e. The molecule has 132 valence electrons. The fourth-order valence-electron chi connectivity index (χ4n) is 3.78. The highest BCUT2D eigenvalue weighted by Crippen LogP contribution is 2.27. The second kappa shape index (κ2) is 7.22. The Morgan fingerprint density at radius 3 is 2.68 bits per heavy atom. The Hall–Kier alpha value is -2.42. The van der Waals surface area contributed by atoms with E-state index in [-0.39, 0.29) is 6.04 Å². The number of fused-ring (bicyclic) bond motifs is 1. The van der Waals surface area contributed by atoms with Crippen molar-refractivity contribution in [2.75, 3.05) is 11.9 Å². The molecule has 0 amide bonds.